The molecular formula is C13H22O. The van der Waals surface area contributed by atoms with Crippen LogP contribution >= 0.6 is 0 Å². The van der Waals surface area contributed by atoms with Gasteiger partial charge in [0.1, 0.15) is 5.78 Å². The molecule has 0 aromatic heterocycles. The molecule has 0 saturated carbocycles. The molecule has 0 aromatic rings. The quantitative estimate of drug-likeness (QED) is 0.425. The molecule has 0 N–H and O–H groups in total. The fourth-order valence-corrected chi connectivity index (χ4v) is 1.42. The number of hydrogen-bond donors (Lipinski definition) is 0. The predicted molar refractivity (Wildman–Crippen MR) is 61.1 cm³/mol. The van der Waals surface area contributed by atoms with Gasteiger partial charge >= 0.3 is 0 Å². The third kappa shape index (κ3) is 11.2. The Labute approximate surface area is 88.3 Å². The van der Waals surface area contributed by atoms with Crippen molar-refractivity contribution >= 4 is 5.78 Å². The van der Waals surface area contributed by atoms with E-state index in [0.29, 0.717) is 5.78 Å². The number of hydrogen-bond acceptors (Lipinski definition) is 1. The molecule has 0 amide bonds. The second-order valence-electron chi connectivity index (χ2n) is 3.75. The maximum Gasteiger partial charge on any atom is 0.129 e. The van der Waals surface area contributed by atoms with Crippen LogP contribution in [-0.2, 0) is 4.79 Å². The molecule has 80 valence electrons. The molecule has 0 heterocycles. The highest BCUT2D eigenvalue weighted by Crippen LogP contribution is 2.08. The number of carbonyl (C=O) groups excluding carboxylic acids is 1. The van der Waals surface area contributed by atoms with Gasteiger partial charge in [-0.1, -0.05) is 25.7 Å². The smallest absolute Gasteiger partial charge is 0.129 e. The molecule has 0 aromatic carbocycles. The van der Waals surface area contributed by atoms with E-state index >= 15 is 0 Å². The summed E-state index contributed by atoms with van der Waals surface area (Å²) in [5.41, 5.74) is 0. The van der Waals surface area contributed by atoms with Crippen molar-refractivity contribution in [3.63, 3.8) is 0 Å². The number of unbranched alkanes of at least 4 members (excludes halogenated alkanes) is 6. The Morgan fingerprint density at radius 1 is 1.00 bits per heavy atom. The van der Waals surface area contributed by atoms with E-state index in [1.54, 1.807) is 6.92 Å². The van der Waals surface area contributed by atoms with Crippen molar-refractivity contribution in [3.8, 4) is 11.8 Å². The molecule has 0 atom stereocenters. The Hall–Kier alpha value is -0.770. The second-order valence-corrected chi connectivity index (χ2v) is 3.75. The molecule has 0 bridgehead atoms. The summed E-state index contributed by atoms with van der Waals surface area (Å²) < 4.78 is 0. The summed E-state index contributed by atoms with van der Waals surface area (Å²) in [6.07, 6.45) is 9.17. The van der Waals surface area contributed by atoms with Crippen molar-refractivity contribution in [2.24, 2.45) is 0 Å². The summed E-state index contributed by atoms with van der Waals surface area (Å²) in [7, 11) is 0. The Morgan fingerprint density at radius 2 is 1.57 bits per heavy atom. The van der Waals surface area contributed by atoms with Crippen LogP contribution in [0, 0.1) is 11.8 Å². The van der Waals surface area contributed by atoms with E-state index in [0.717, 1.165) is 19.3 Å². The van der Waals surface area contributed by atoms with Crippen molar-refractivity contribution in [2.45, 2.75) is 65.2 Å². The Balaban J connectivity index is 2.98. The van der Waals surface area contributed by atoms with E-state index in [2.05, 4.69) is 11.8 Å². The van der Waals surface area contributed by atoms with Crippen LogP contribution in [0.25, 0.3) is 0 Å². The summed E-state index contributed by atoms with van der Waals surface area (Å²) >= 11 is 0. The SMILES string of the molecule is CC#CCCCCCCCCC(C)=O. The van der Waals surface area contributed by atoms with Gasteiger partial charge in [0.2, 0.25) is 0 Å². The molecule has 0 aliphatic heterocycles. The summed E-state index contributed by atoms with van der Waals surface area (Å²) in [5.74, 6) is 6.30. The van der Waals surface area contributed by atoms with Crippen LogP contribution in [0.2, 0.25) is 0 Å². The van der Waals surface area contributed by atoms with E-state index in [-0.39, 0.29) is 0 Å². The molecule has 0 spiro atoms. The minimum atomic E-state index is 0.322. The molecule has 1 heteroatoms. The van der Waals surface area contributed by atoms with E-state index in [1.807, 2.05) is 6.92 Å². The predicted octanol–water partition coefficient (Wildman–Crippen LogP) is 3.72. The fourth-order valence-electron chi connectivity index (χ4n) is 1.42. The average Bonchev–Trinajstić information content (AvgIpc) is 2.15. The molecule has 0 radical (unpaired) electrons. The summed E-state index contributed by atoms with van der Waals surface area (Å²) in [4.78, 5) is 10.6. The van der Waals surface area contributed by atoms with Crippen LogP contribution in [0.1, 0.15) is 65.2 Å². The van der Waals surface area contributed by atoms with Crippen molar-refractivity contribution in [3.05, 3.63) is 0 Å². The number of Topliss-reactive ketones (excluding diaryl/α,β-unsaturated/α-hetero) is 1. The lowest BCUT2D eigenvalue weighted by atomic mass is 10.1. The maximum atomic E-state index is 10.6. The van der Waals surface area contributed by atoms with Crippen LogP contribution < -0.4 is 0 Å². The van der Waals surface area contributed by atoms with Gasteiger partial charge in [0.25, 0.3) is 0 Å². The van der Waals surface area contributed by atoms with Crippen molar-refractivity contribution in [2.75, 3.05) is 0 Å². The van der Waals surface area contributed by atoms with Gasteiger partial charge in [-0.3, -0.25) is 0 Å². The lowest BCUT2D eigenvalue weighted by Gasteiger charge is -1.98. The zero-order chi connectivity index (χ0) is 10.6. The van der Waals surface area contributed by atoms with E-state index in [4.69, 9.17) is 0 Å². The minimum Gasteiger partial charge on any atom is -0.300 e. The normalized spacial score (nSPS) is 9.29. The van der Waals surface area contributed by atoms with Gasteiger partial charge in [-0.25, -0.2) is 0 Å². The standard InChI is InChI=1S/C13H22O/c1-3-4-5-6-7-8-9-10-11-12-13(2)14/h5-12H2,1-2H3. The molecule has 0 unspecified atom stereocenters. The summed E-state index contributed by atoms with van der Waals surface area (Å²) in [6.45, 7) is 3.56. The third-order valence-corrected chi connectivity index (χ3v) is 2.26. The van der Waals surface area contributed by atoms with Crippen molar-refractivity contribution < 1.29 is 4.79 Å². The minimum absolute atomic E-state index is 0.322. The first kappa shape index (κ1) is 13.2. The van der Waals surface area contributed by atoms with E-state index in [1.165, 1.54) is 32.1 Å². The highest BCUT2D eigenvalue weighted by Gasteiger charge is 1.93. The lowest BCUT2D eigenvalue weighted by Crippen LogP contribution is -1.89. The van der Waals surface area contributed by atoms with Crippen LogP contribution in [0.15, 0.2) is 0 Å². The maximum absolute atomic E-state index is 10.6. The topological polar surface area (TPSA) is 17.1 Å². The zero-order valence-corrected chi connectivity index (χ0v) is 9.57. The van der Waals surface area contributed by atoms with Crippen molar-refractivity contribution in [1.29, 1.82) is 0 Å². The van der Waals surface area contributed by atoms with Gasteiger partial charge in [0, 0.05) is 12.8 Å². The first-order valence-electron chi connectivity index (χ1n) is 5.66. The van der Waals surface area contributed by atoms with Crippen molar-refractivity contribution in [1.82, 2.24) is 0 Å². The molecule has 1 nitrogen and oxygen atoms in total. The fraction of sp³-hybridized carbons (Fsp3) is 0.769. The molecular weight excluding hydrogens is 172 g/mol. The molecule has 0 rings (SSSR count). The molecule has 14 heavy (non-hydrogen) atoms. The molecule has 0 aliphatic rings. The zero-order valence-electron chi connectivity index (χ0n) is 9.57. The van der Waals surface area contributed by atoms with Crippen LogP contribution in [-0.4, -0.2) is 5.78 Å². The molecule has 0 aliphatic carbocycles. The first-order chi connectivity index (χ1) is 6.77. The van der Waals surface area contributed by atoms with Crippen LogP contribution in [0.5, 0.6) is 0 Å². The Morgan fingerprint density at radius 3 is 2.14 bits per heavy atom. The lowest BCUT2D eigenvalue weighted by molar-refractivity contribution is -0.117. The van der Waals surface area contributed by atoms with Gasteiger partial charge < -0.3 is 4.79 Å². The first-order valence-corrected chi connectivity index (χ1v) is 5.66. The molecule has 0 saturated heterocycles. The highest BCUT2D eigenvalue weighted by molar-refractivity contribution is 5.75. The number of rotatable bonds is 8. The monoisotopic (exact) mass is 194 g/mol. The number of ketones is 1. The Kier molecular flexibility index (Phi) is 9.74. The van der Waals surface area contributed by atoms with Gasteiger partial charge in [-0.05, 0) is 26.7 Å². The summed E-state index contributed by atoms with van der Waals surface area (Å²) in [6, 6.07) is 0. The van der Waals surface area contributed by atoms with Crippen LogP contribution in [0.4, 0.5) is 0 Å². The highest BCUT2D eigenvalue weighted by atomic mass is 16.1. The average molecular weight is 194 g/mol. The number of carbonyl (C=O) groups is 1. The van der Waals surface area contributed by atoms with Gasteiger partial charge in [0.15, 0.2) is 0 Å². The van der Waals surface area contributed by atoms with Gasteiger partial charge in [-0.2, -0.15) is 0 Å². The van der Waals surface area contributed by atoms with Gasteiger partial charge in [0.05, 0.1) is 0 Å². The third-order valence-electron chi connectivity index (χ3n) is 2.26. The Bertz CT molecular complexity index is 195. The second kappa shape index (κ2) is 10.3. The molecule has 0 fully saturated rings. The van der Waals surface area contributed by atoms with Gasteiger partial charge in [-0.15, -0.1) is 11.8 Å². The summed E-state index contributed by atoms with van der Waals surface area (Å²) in [5, 5.41) is 0. The van der Waals surface area contributed by atoms with E-state index < -0.39 is 0 Å². The van der Waals surface area contributed by atoms with E-state index in [9.17, 15) is 4.79 Å². The van der Waals surface area contributed by atoms with Crippen LogP contribution in [0.3, 0.4) is 0 Å². The largest absolute Gasteiger partial charge is 0.300 e.